The third-order valence-corrected chi connectivity index (χ3v) is 1.91. The van der Waals surface area contributed by atoms with Gasteiger partial charge in [0.05, 0.1) is 5.39 Å². The van der Waals surface area contributed by atoms with Crippen LogP contribution in [0.1, 0.15) is 0 Å². The lowest BCUT2D eigenvalue weighted by molar-refractivity contribution is -0.495. The molecule has 0 saturated heterocycles. The molecule has 0 atom stereocenters. The highest BCUT2D eigenvalue weighted by Gasteiger charge is 2.05. The average molecular weight is 176 g/mol. The molecule has 1 heterocycles. The van der Waals surface area contributed by atoms with E-state index < -0.39 is 0 Å². The molecule has 0 unspecified atom stereocenters. The fourth-order valence-electron chi connectivity index (χ4n) is 1.28. The summed E-state index contributed by atoms with van der Waals surface area (Å²) in [5.41, 5.74) is 1.76. The van der Waals surface area contributed by atoms with Gasteiger partial charge in [-0.15, -0.1) is 0 Å². The average Bonchev–Trinajstić information content (AvgIpc) is 2.19. The molecule has 0 fully saturated rings. The Morgan fingerprint density at radius 2 is 2.15 bits per heavy atom. The van der Waals surface area contributed by atoms with Crippen molar-refractivity contribution in [2.24, 2.45) is 0 Å². The molecule has 0 radical (unpaired) electrons. The molecule has 3 N–H and O–H groups in total. The van der Waals surface area contributed by atoms with Crippen LogP contribution in [0, 0.1) is 5.21 Å². The molecule has 1 aromatic carbocycles. The zero-order valence-corrected chi connectivity index (χ0v) is 6.77. The van der Waals surface area contributed by atoms with Crippen molar-refractivity contribution in [1.29, 1.82) is 0 Å². The number of rotatable bonds is 1. The monoisotopic (exact) mass is 176 g/mol. The number of quaternary nitrogens is 1. The van der Waals surface area contributed by atoms with Gasteiger partial charge in [-0.25, -0.2) is 0 Å². The van der Waals surface area contributed by atoms with E-state index in [-0.39, 0.29) is 5.75 Å². The van der Waals surface area contributed by atoms with Gasteiger partial charge in [-0.1, -0.05) is 0 Å². The number of phenolic OH excluding ortho intramolecular Hbond substituents is 1. The second-order valence-electron chi connectivity index (χ2n) is 2.69. The first-order valence-corrected chi connectivity index (χ1v) is 3.85. The molecule has 4 nitrogen and oxygen atoms in total. The SMILES string of the molecule is [O-][NH2+]c1ccc(O)c2ncccc12. The van der Waals surface area contributed by atoms with E-state index in [9.17, 15) is 10.3 Å². The normalized spacial score (nSPS) is 10.5. The van der Waals surface area contributed by atoms with E-state index in [1.165, 1.54) is 6.07 Å². The zero-order chi connectivity index (χ0) is 9.26. The van der Waals surface area contributed by atoms with Crippen molar-refractivity contribution in [2.45, 2.75) is 0 Å². The van der Waals surface area contributed by atoms with Crippen LogP contribution >= 0.6 is 0 Å². The summed E-state index contributed by atoms with van der Waals surface area (Å²) in [6, 6.07) is 6.53. The number of nitrogens with zero attached hydrogens (tertiary/aromatic N) is 1. The first-order chi connectivity index (χ1) is 6.33. The smallest absolute Gasteiger partial charge is 0.142 e. The first kappa shape index (κ1) is 7.97. The van der Waals surface area contributed by atoms with Gasteiger partial charge in [-0.3, -0.25) is 4.98 Å². The van der Waals surface area contributed by atoms with E-state index in [1.807, 2.05) is 0 Å². The number of aromatic nitrogens is 1. The molecule has 2 aromatic rings. The molecule has 13 heavy (non-hydrogen) atoms. The Kier molecular flexibility index (Phi) is 1.84. The van der Waals surface area contributed by atoms with E-state index in [1.54, 1.807) is 24.4 Å². The van der Waals surface area contributed by atoms with Gasteiger partial charge in [0, 0.05) is 12.3 Å². The third kappa shape index (κ3) is 1.22. The predicted octanol–water partition coefficient (Wildman–Crippen LogP) is 0.633. The Morgan fingerprint density at radius 1 is 1.31 bits per heavy atom. The minimum Gasteiger partial charge on any atom is -0.630 e. The molecule has 1 aromatic heterocycles. The molecular formula is C9H8N2O2. The van der Waals surface area contributed by atoms with Crippen molar-refractivity contribution >= 4 is 16.6 Å². The van der Waals surface area contributed by atoms with Gasteiger partial charge >= 0.3 is 0 Å². The van der Waals surface area contributed by atoms with Gasteiger partial charge in [0.15, 0.2) is 0 Å². The molecular weight excluding hydrogens is 168 g/mol. The largest absolute Gasteiger partial charge is 0.630 e. The van der Waals surface area contributed by atoms with E-state index in [4.69, 9.17) is 0 Å². The van der Waals surface area contributed by atoms with Crippen LogP contribution in [0.2, 0.25) is 0 Å². The van der Waals surface area contributed by atoms with Crippen molar-refractivity contribution in [2.75, 3.05) is 0 Å². The maximum atomic E-state index is 10.6. The van der Waals surface area contributed by atoms with Crippen LogP contribution < -0.4 is 5.48 Å². The predicted molar refractivity (Wildman–Crippen MR) is 48.4 cm³/mol. The van der Waals surface area contributed by atoms with E-state index in [0.717, 1.165) is 5.48 Å². The number of phenols is 1. The number of benzene rings is 1. The van der Waals surface area contributed by atoms with Crippen LogP contribution in [0.3, 0.4) is 0 Å². The Labute approximate surface area is 74.4 Å². The minimum atomic E-state index is 0.0983. The molecule has 0 saturated carbocycles. The first-order valence-electron chi connectivity index (χ1n) is 3.85. The van der Waals surface area contributed by atoms with Crippen molar-refractivity contribution in [3.05, 3.63) is 35.7 Å². The van der Waals surface area contributed by atoms with Crippen molar-refractivity contribution in [3.63, 3.8) is 0 Å². The Bertz CT molecular complexity index is 443. The molecule has 0 spiro atoms. The van der Waals surface area contributed by atoms with Gasteiger partial charge < -0.3 is 15.8 Å². The van der Waals surface area contributed by atoms with Crippen LogP contribution in [0.15, 0.2) is 30.5 Å². The lowest BCUT2D eigenvalue weighted by Crippen LogP contribution is -2.70. The maximum absolute atomic E-state index is 10.6. The van der Waals surface area contributed by atoms with Crippen molar-refractivity contribution in [1.82, 2.24) is 4.98 Å². The molecule has 0 aliphatic carbocycles. The van der Waals surface area contributed by atoms with Gasteiger partial charge in [-0.2, -0.15) is 0 Å². The standard InChI is InChI=1S/C9H8N2O2/c12-8-4-3-7(11-13)6-2-1-5-10-9(6)8/h1-5,12H,11H2. The summed E-state index contributed by atoms with van der Waals surface area (Å²) in [5.74, 6) is 0.0983. The zero-order valence-electron chi connectivity index (χ0n) is 6.77. The topological polar surface area (TPSA) is 72.8 Å². The highest BCUT2D eigenvalue weighted by atomic mass is 16.5. The van der Waals surface area contributed by atoms with Gasteiger partial charge in [0.25, 0.3) is 0 Å². The number of hydrogen-bond acceptors (Lipinski definition) is 3. The summed E-state index contributed by atoms with van der Waals surface area (Å²) in [6.07, 6.45) is 1.58. The van der Waals surface area contributed by atoms with Crippen LogP contribution in [0.25, 0.3) is 10.9 Å². The quantitative estimate of drug-likeness (QED) is 0.380. The molecule has 0 amide bonds. The molecule has 0 aliphatic rings. The lowest BCUT2D eigenvalue weighted by atomic mass is 10.2. The number of fused-ring (bicyclic) bond motifs is 1. The summed E-state index contributed by atoms with van der Waals surface area (Å²) < 4.78 is 0. The number of hydrogen-bond donors (Lipinski definition) is 2. The van der Waals surface area contributed by atoms with Gasteiger partial charge in [0.1, 0.15) is 17.0 Å². The van der Waals surface area contributed by atoms with Gasteiger partial charge in [0.2, 0.25) is 0 Å². The lowest BCUT2D eigenvalue weighted by Gasteiger charge is -2.05. The Balaban J connectivity index is 2.84. The molecule has 4 heteroatoms. The second kappa shape index (κ2) is 3.01. The fourth-order valence-corrected chi connectivity index (χ4v) is 1.28. The molecule has 0 bridgehead atoms. The highest BCUT2D eigenvalue weighted by molar-refractivity contribution is 5.91. The summed E-state index contributed by atoms with van der Waals surface area (Å²) in [4.78, 5) is 3.98. The number of nitrogens with two attached hydrogens (primary N) is 1. The Hall–Kier alpha value is -1.65. The van der Waals surface area contributed by atoms with Crippen LogP contribution in [-0.4, -0.2) is 10.1 Å². The molecule has 0 aliphatic heterocycles. The number of aromatic hydroxyl groups is 1. The summed E-state index contributed by atoms with van der Waals surface area (Å²) in [7, 11) is 0. The third-order valence-electron chi connectivity index (χ3n) is 1.91. The van der Waals surface area contributed by atoms with E-state index >= 15 is 0 Å². The van der Waals surface area contributed by atoms with Crippen LogP contribution in [0.5, 0.6) is 5.75 Å². The van der Waals surface area contributed by atoms with Crippen molar-refractivity contribution in [3.8, 4) is 5.75 Å². The molecule has 2 rings (SSSR count). The Morgan fingerprint density at radius 3 is 2.92 bits per heavy atom. The minimum absolute atomic E-state index is 0.0983. The van der Waals surface area contributed by atoms with Crippen LogP contribution in [-0.2, 0) is 0 Å². The maximum Gasteiger partial charge on any atom is 0.142 e. The van der Waals surface area contributed by atoms with Gasteiger partial charge in [-0.05, 0) is 18.2 Å². The van der Waals surface area contributed by atoms with E-state index in [2.05, 4.69) is 4.98 Å². The van der Waals surface area contributed by atoms with E-state index in [0.29, 0.717) is 16.6 Å². The van der Waals surface area contributed by atoms with Crippen molar-refractivity contribution < 1.29 is 10.6 Å². The highest BCUT2D eigenvalue weighted by Crippen LogP contribution is 2.25. The van der Waals surface area contributed by atoms with Crippen LogP contribution in [0.4, 0.5) is 5.69 Å². The second-order valence-corrected chi connectivity index (χ2v) is 2.69. The summed E-state index contributed by atoms with van der Waals surface area (Å²) >= 11 is 0. The summed E-state index contributed by atoms with van der Waals surface area (Å²) in [5, 5.41) is 20.7. The molecule has 66 valence electrons. The fraction of sp³-hybridized carbons (Fsp3) is 0. The summed E-state index contributed by atoms with van der Waals surface area (Å²) in [6.45, 7) is 0. The number of pyridine rings is 1.